The van der Waals surface area contributed by atoms with Crippen molar-refractivity contribution in [3.05, 3.63) is 132 Å². The number of ether oxygens (including phenoxy) is 2. The van der Waals surface area contributed by atoms with Gasteiger partial charge in [0.05, 0.1) is 0 Å². The molecule has 4 heteroatoms. The summed E-state index contributed by atoms with van der Waals surface area (Å²) in [4.78, 5) is 13.9. The Morgan fingerprint density at radius 3 is 1.68 bits per heavy atom. The molecule has 4 nitrogen and oxygen atoms in total. The van der Waals surface area contributed by atoms with Gasteiger partial charge in [0.1, 0.15) is 18.5 Å². The normalized spacial score (nSPS) is 11.4. The van der Waals surface area contributed by atoms with Gasteiger partial charge in [0.15, 0.2) is 0 Å². The van der Waals surface area contributed by atoms with E-state index in [9.17, 15) is 4.79 Å². The van der Waals surface area contributed by atoms with Crippen molar-refractivity contribution in [2.24, 2.45) is 0 Å². The maximum atomic E-state index is 11.6. The van der Waals surface area contributed by atoms with Crippen LogP contribution in [-0.2, 0) is 22.4 Å². The van der Waals surface area contributed by atoms with Gasteiger partial charge in [0.2, 0.25) is 0 Å². The minimum atomic E-state index is -0.396. The summed E-state index contributed by atoms with van der Waals surface area (Å²) in [5, 5.41) is 0. The van der Waals surface area contributed by atoms with E-state index in [-0.39, 0.29) is 6.10 Å². The van der Waals surface area contributed by atoms with Crippen LogP contribution in [-0.4, -0.2) is 18.7 Å². The van der Waals surface area contributed by atoms with E-state index < -0.39 is 5.97 Å². The molecular weight excluding hydrogens is 458 g/mol. The fraction of sp³-hybridized carbons (Fsp3) is 0.182. The van der Waals surface area contributed by atoms with Crippen LogP contribution in [0.1, 0.15) is 25.0 Å². The number of hydrogen-bond donors (Lipinski definition) is 0. The van der Waals surface area contributed by atoms with Crippen LogP contribution in [0.2, 0.25) is 0 Å². The smallest absolute Gasteiger partial charge is 0.333 e. The summed E-state index contributed by atoms with van der Waals surface area (Å²) in [7, 11) is 0. The molecule has 4 rings (SSSR count). The van der Waals surface area contributed by atoms with Gasteiger partial charge in [0, 0.05) is 22.6 Å². The topological polar surface area (TPSA) is 38.8 Å². The first-order valence-corrected chi connectivity index (χ1v) is 12.6. The zero-order valence-electron chi connectivity index (χ0n) is 21.5. The Labute approximate surface area is 219 Å². The first-order valence-electron chi connectivity index (χ1n) is 12.6. The lowest BCUT2D eigenvalue weighted by Crippen LogP contribution is -2.22. The molecule has 0 fully saturated rings. The Hall–Kier alpha value is -4.31. The van der Waals surface area contributed by atoms with Crippen molar-refractivity contribution in [3.63, 3.8) is 0 Å². The predicted octanol–water partition coefficient (Wildman–Crippen LogP) is 7.83. The molecule has 188 valence electrons. The molecule has 1 atom stereocenters. The number of carbonyl (C=O) groups excluding carboxylic acids is 1. The van der Waals surface area contributed by atoms with E-state index in [0.29, 0.717) is 12.2 Å². The number of anilines is 3. The number of hydrogen-bond acceptors (Lipinski definition) is 4. The molecule has 0 amide bonds. The Kier molecular flexibility index (Phi) is 8.77. The molecule has 37 heavy (non-hydrogen) atoms. The number of para-hydroxylation sites is 2. The number of esters is 1. The van der Waals surface area contributed by atoms with Gasteiger partial charge in [-0.2, -0.15) is 0 Å². The zero-order chi connectivity index (χ0) is 26.0. The van der Waals surface area contributed by atoms with Gasteiger partial charge in [-0.3, -0.25) is 0 Å². The van der Waals surface area contributed by atoms with Gasteiger partial charge in [-0.15, -0.1) is 0 Å². The number of rotatable bonds is 11. The molecule has 0 heterocycles. The number of aryl methyl sites for hydroxylation is 2. The number of benzene rings is 4. The molecular formula is C33H33NO3. The highest BCUT2D eigenvalue weighted by Gasteiger charge is 2.12. The van der Waals surface area contributed by atoms with Crippen LogP contribution >= 0.6 is 0 Å². The van der Waals surface area contributed by atoms with Crippen LogP contribution < -0.4 is 9.64 Å². The van der Waals surface area contributed by atoms with Crippen molar-refractivity contribution in [1.82, 2.24) is 0 Å². The molecule has 0 saturated carbocycles. The van der Waals surface area contributed by atoms with Crippen molar-refractivity contribution in [2.75, 3.05) is 11.5 Å². The number of carbonyl (C=O) groups is 1. The Balaban J connectivity index is 1.34. The van der Waals surface area contributed by atoms with Crippen LogP contribution in [0.15, 0.2) is 121 Å². The lowest BCUT2D eigenvalue weighted by atomic mass is 10.0. The molecule has 0 spiro atoms. The monoisotopic (exact) mass is 491 g/mol. The molecule has 0 aliphatic carbocycles. The third-order valence-corrected chi connectivity index (χ3v) is 5.99. The quantitative estimate of drug-likeness (QED) is 0.158. The van der Waals surface area contributed by atoms with Crippen LogP contribution in [0.4, 0.5) is 17.1 Å². The standard InChI is InChI=1S/C33H33NO3/c1-25(2)33(35)37-26(3)24-36-32-22-18-28(19-23-32)15-14-27-16-20-31(21-17-27)34(29-10-6-4-7-11-29)30-12-8-5-9-13-30/h4-13,16-23,26H,1,14-15,24H2,2-3H3. The van der Waals surface area contributed by atoms with E-state index in [1.54, 1.807) is 13.8 Å². The molecule has 0 radical (unpaired) electrons. The van der Waals surface area contributed by atoms with Crippen molar-refractivity contribution in [2.45, 2.75) is 32.8 Å². The summed E-state index contributed by atoms with van der Waals surface area (Å²) in [5.41, 5.74) is 6.31. The van der Waals surface area contributed by atoms with Gasteiger partial charge in [-0.25, -0.2) is 4.79 Å². The van der Waals surface area contributed by atoms with Gasteiger partial charge >= 0.3 is 5.97 Å². The Bertz CT molecular complexity index is 1240. The summed E-state index contributed by atoms with van der Waals surface area (Å²) in [6.45, 7) is 7.33. The average molecular weight is 492 g/mol. The molecule has 0 saturated heterocycles. The largest absolute Gasteiger partial charge is 0.490 e. The third kappa shape index (κ3) is 7.34. The van der Waals surface area contributed by atoms with E-state index in [1.165, 1.54) is 11.1 Å². The fourth-order valence-electron chi connectivity index (χ4n) is 3.98. The highest BCUT2D eigenvalue weighted by Crippen LogP contribution is 2.34. The summed E-state index contributed by atoms with van der Waals surface area (Å²) in [5.74, 6) is 0.362. The molecule has 0 aliphatic heterocycles. The first-order chi connectivity index (χ1) is 18.0. The second-order valence-electron chi connectivity index (χ2n) is 9.12. The predicted molar refractivity (Wildman–Crippen MR) is 151 cm³/mol. The minimum absolute atomic E-state index is 0.299. The van der Waals surface area contributed by atoms with Crippen LogP contribution in [0, 0.1) is 0 Å². The lowest BCUT2D eigenvalue weighted by Gasteiger charge is -2.25. The molecule has 0 N–H and O–H groups in total. The Morgan fingerprint density at radius 2 is 1.19 bits per heavy atom. The van der Waals surface area contributed by atoms with E-state index in [1.807, 2.05) is 24.3 Å². The highest BCUT2D eigenvalue weighted by atomic mass is 16.6. The molecule has 4 aromatic rings. The summed E-state index contributed by atoms with van der Waals surface area (Å²) in [6, 6.07) is 37.7. The van der Waals surface area contributed by atoms with Crippen LogP contribution in [0.25, 0.3) is 0 Å². The summed E-state index contributed by atoms with van der Waals surface area (Å²) < 4.78 is 11.0. The number of nitrogens with zero attached hydrogens (tertiary/aromatic N) is 1. The first kappa shape index (κ1) is 25.8. The maximum Gasteiger partial charge on any atom is 0.333 e. The van der Waals surface area contributed by atoms with Crippen molar-refractivity contribution in [1.29, 1.82) is 0 Å². The fourth-order valence-corrected chi connectivity index (χ4v) is 3.98. The molecule has 0 aliphatic rings. The second kappa shape index (κ2) is 12.6. The van der Waals surface area contributed by atoms with E-state index in [2.05, 4.69) is 96.4 Å². The molecule has 0 aromatic heterocycles. The van der Waals surface area contributed by atoms with Gasteiger partial charge in [-0.05, 0) is 86.3 Å². The van der Waals surface area contributed by atoms with Crippen molar-refractivity contribution >= 4 is 23.0 Å². The maximum absolute atomic E-state index is 11.6. The highest BCUT2D eigenvalue weighted by molar-refractivity contribution is 5.87. The van der Waals surface area contributed by atoms with Crippen LogP contribution in [0.3, 0.4) is 0 Å². The van der Waals surface area contributed by atoms with E-state index in [0.717, 1.165) is 35.7 Å². The molecule has 0 bridgehead atoms. The zero-order valence-corrected chi connectivity index (χ0v) is 21.5. The molecule has 1 unspecified atom stereocenters. The van der Waals surface area contributed by atoms with Gasteiger partial charge in [0.25, 0.3) is 0 Å². The summed E-state index contributed by atoms with van der Waals surface area (Å²) >= 11 is 0. The average Bonchev–Trinajstić information content (AvgIpc) is 2.93. The lowest BCUT2D eigenvalue weighted by molar-refractivity contribution is -0.144. The van der Waals surface area contributed by atoms with Crippen molar-refractivity contribution in [3.8, 4) is 5.75 Å². The van der Waals surface area contributed by atoms with Gasteiger partial charge in [-0.1, -0.05) is 67.2 Å². The second-order valence-corrected chi connectivity index (χ2v) is 9.12. The minimum Gasteiger partial charge on any atom is -0.490 e. The Morgan fingerprint density at radius 1 is 0.730 bits per heavy atom. The molecule has 4 aromatic carbocycles. The van der Waals surface area contributed by atoms with Gasteiger partial charge < -0.3 is 14.4 Å². The third-order valence-electron chi connectivity index (χ3n) is 5.99. The van der Waals surface area contributed by atoms with E-state index in [4.69, 9.17) is 9.47 Å². The van der Waals surface area contributed by atoms with E-state index >= 15 is 0 Å². The van der Waals surface area contributed by atoms with Crippen LogP contribution in [0.5, 0.6) is 5.75 Å². The summed E-state index contributed by atoms with van der Waals surface area (Å²) in [6.07, 6.45) is 1.55. The van der Waals surface area contributed by atoms with Crippen molar-refractivity contribution < 1.29 is 14.3 Å². The SMILES string of the molecule is C=C(C)C(=O)OC(C)COc1ccc(CCc2ccc(N(c3ccccc3)c3ccccc3)cc2)cc1.